The van der Waals surface area contributed by atoms with Crippen LogP contribution in [0.4, 0.5) is 5.82 Å². The summed E-state index contributed by atoms with van der Waals surface area (Å²) in [6, 6.07) is 3.75. The fourth-order valence-electron chi connectivity index (χ4n) is 1.55. The van der Waals surface area contributed by atoms with Crippen molar-refractivity contribution in [1.82, 2.24) is 9.38 Å². The molecule has 5 heteroatoms. The number of nitrogens with zero attached hydrogens (tertiary/aromatic N) is 3. The third-order valence-electron chi connectivity index (χ3n) is 2.54. The number of imidazole rings is 1. The van der Waals surface area contributed by atoms with Crippen molar-refractivity contribution in [3.8, 4) is 0 Å². The quantitative estimate of drug-likeness (QED) is 0.547. The molecule has 0 bridgehead atoms. The Kier molecular flexibility index (Phi) is 2.18. The van der Waals surface area contributed by atoms with Crippen molar-refractivity contribution in [1.29, 1.82) is 0 Å². The molecule has 0 aliphatic heterocycles. The van der Waals surface area contributed by atoms with Crippen molar-refractivity contribution in [3.05, 3.63) is 40.2 Å². The van der Waals surface area contributed by atoms with E-state index in [-0.39, 0.29) is 11.2 Å². The van der Waals surface area contributed by atoms with Gasteiger partial charge >= 0.3 is 5.82 Å². The van der Waals surface area contributed by atoms with E-state index in [1.54, 1.807) is 12.3 Å². The average Bonchev–Trinajstić information content (AvgIpc) is 2.58. The Morgan fingerprint density at radius 1 is 1.38 bits per heavy atom. The molecule has 0 unspecified atom stereocenters. The first-order chi connectivity index (χ1) is 7.39. The average molecular weight is 219 g/mol. The predicted octanol–water partition coefficient (Wildman–Crippen LogP) is 2.54. The predicted molar refractivity (Wildman–Crippen MR) is 60.5 cm³/mol. The summed E-state index contributed by atoms with van der Waals surface area (Å²) in [5, 5.41) is 10.8. The molecule has 2 rings (SSSR count). The Morgan fingerprint density at radius 3 is 2.62 bits per heavy atom. The minimum Gasteiger partial charge on any atom is -0.358 e. The van der Waals surface area contributed by atoms with E-state index in [1.807, 2.05) is 6.07 Å². The molecule has 0 atom stereocenters. The lowest BCUT2D eigenvalue weighted by molar-refractivity contribution is -0.390. The van der Waals surface area contributed by atoms with Gasteiger partial charge < -0.3 is 10.1 Å². The number of nitro groups is 1. The van der Waals surface area contributed by atoms with Crippen LogP contribution in [0.2, 0.25) is 0 Å². The van der Waals surface area contributed by atoms with Crippen molar-refractivity contribution in [2.45, 2.75) is 26.2 Å². The van der Waals surface area contributed by atoms with Crippen molar-refractivity contribution in [2.75, 3.05) is 0 Å². The van der Waals surface area contributed by atoms with E-state index >= 15 is 0 Å². The third kappa shape index (κ3) is 1.64. The molecule has 0 radical (unpaired) electrons. The highest BCUT2D eigenvalue weighted by molar-refractivity contribution is 5.46. The second kappa shape index (κ2) is 3.30. The minimum atomic E-state index is -0.424. The molecular formula is C11H13N3O2. The summed E-state index contributed by atoms with van der Waals surface area (Å²) in [7, 11) is 0. The van der Waals surface area contributed by atoms with Gasteiger partial charge in [0, 0.05) is 6.07 Å². The fourth-order valence-corrected chi connectivity index (χ4v) is 1.55. The molecule has 5 nitrogen and oxygen atoms in total. The first kappa shape index (κ1) is 10.6. The van der Waals surface area contributed by atoms with E-state index in [2.05, 4.69) is 25.8 Å². The molecule has 84 valence electrons. The van der Waals surface area contributed by atoms with Crippen LogP contribution in [-0.4, -0.2) is 14.3 Å². The van der Waals surface area contributed by atoms with Crippen molar-refractivity contribution < 1.29 is 4.92 Å². The highest BCUT2D eigenvalue weighted by atomic mass is 16.6. The molecule has 2 heterocycles. The number of hydrogen-bond acceptors (Lipinski definition) is 3. The zero-order chi connectivity index (χ0) is 11.9. The first-order valence-electron chi connectivity index (χ1n) is 5.01. The van der Waals surface area contributed by atoms with Gasteiger partial charge in [0.2, 0.25) is 5.65 Å². The van der Waals surface area contributed by atoms with Crippen LogP contribution in [0.15, 0.2) is 24.5 Å². The van der Waals surface area contributed by atoms with E-state index in [1.165, 1.54) is 10.6 Å². The van der Waals surface area contributed by atoms with Crippen LogP contribution in [0.5, 0.6) is 0 Å². The largest absolute Gasteiger partial charge is 0.358 e. The Labute approximate surface area is 92.9 Å². The smallest absolute Gasteiger partial charge is 0.347 e. The lowest BCUT2D eigenvalue weighted by atomic mass is 9.88. The van der Waals surface area contributed by atoms with Gasteiger partial charge in [0.15, 0.2) is 0 Å². The van der Waals surface area contributed by atoms with Crippen molar-refractivity contribution in [3.63, 3.8) is 0 Å². The van der Waals surface area contributed by atoms with E-state index in [4.69, 9.17) is 0 Å². The molecule has 0 spiro atoms. The van der Waals surface area contributed by atoms with Gasteiger partial charge in [-0.1, -0.05) is 20.8 Å². The summed E-state index contributed by atoms with van der Waals surface area (Å²) >= 11 is 0. The van der Waals surface area contributed by atoms with Crippen LogP contribution >= 0.6 is 0 Å². The summed E-state index contributed by atoms with van der Waals surface area (Å²) in [4.78, 5) is 14.3. The van der Waals surface area contributed by atoms with E-state index in [0.717, 1.165) is 5.56 Å². The van der Waals surface area contributed by atoms with Gasteiger partial charge in [-0.15, -0.1) is 0 Å². The number of fused-ring (bicyclic) bond motifs is 1. The van der Waals surface area contributed by atoms with Crippen molar-refractivity contribution in [2.24, 2.45) is 0 Å². The summed E-state index contributed by atoms with van der Waals surface area (Å²) in [5.74, 6) is 0.00102. The molecule has 0 fully saturated rings. The summed E-state index contributed by atoms with van der Waals surface area (Å²) < 4.78 is 1.51. The van der Waals surface area contributed by atoms with E-state index in [9.17, 15) is 10.1 Å². The Bertz CT molecular complexity index is 552. The normalized spacial score (nSPS) is 11.9. The third-order valence-corrected chi connectivity index (χ3v) is 2.54. The standard InChI is InChI=1S/C11H13N3O2/c1-11(2,3)8-4-5-9-12-6-10(14(15)16)13(9)7-8/h4-7H,1-3H3. The van der Waals surface area contributed by atoms with Gasteiger partial charge in [0.1, 0.15) is 12.4 Å². The molecule has 0 saturated heterocycles. The summed E-state index contributed by atoms with van der Waals surface area (Å²) in [6.07, 6.45) is 3.06. The van der Waals surface area contributed by atoms with E-state index in [0.29, 0.717) is 5.65 Å². The lowest BCUT2D eigenvalue weighted by Crippen LogP contribution is -2.12. The fraction of sp³-hybridized carbons (Fsp3) is 0.364. The zero-order valence-corrected chi connectivity index (χ0v) is 9.47. The Balaban J connectivity index is 2.68. The second-order valence-electron chi connectivity index (χ2n) is 4.77. The van der Waals surface area contributed by atoms with E-state index < -0.39 is 4.92 Å². The van der Waals surface area contributed by atoms with Crippen molar-refractivity contribution >= 4 is 11.5 Å². The summed E-state index contributed by atoms with van der Waals surface area (Å²) in [6.45, 7) is 6.20. The van der Waals surface area contributed by atoms with Crippen LogP contribution in [0.25, 0.3) is 5.65 Å². The monoisotopic (exact) mass is 219 g/mol. The molecule has 0 aromatic carbocycles. The molecule has 2 aromatic heterocycles. The van der Waals surface area contributed by atoms with Crippen LogP contribution < -0.4 is 0 Å². The topological polar surface area (TPSA) is 60.4 Å². The molecule has 2 aromatic rings. The molecule has 16 heavy (non-hydrogen) atoms. The van der Waals surface area contributed by atoms with Gasteiger partial charge in [-0.05, 0) is 22.0 Å². The SMILES string of the molecule is CC(C)(C)c1ccc2ncc([N+](=O)[O-])n2c1. The van der Waals surface area contributed by atoms with Gasteiger partial charge in [0.25, 0.3) is 0 Å². The lowest BCUT2D eigenvalue weighted by Gasteiger charge is -2.17. The van der Waals surface area contributed by atoms with Gasteiger partial charge in [0.05, 0.1) is 0 Å². The molecular weight excluding hydrogens is 206 g/mol. The molecule has 0 amide bonds. The van der Waals surface area contributed by atoms with Crippen LogP contribution in [0.3, 0.4) is 0 Å². The first-order valence-corrected chi connectivity index (χ1v) is 5.01. The number of rotatable bonds is 1. The molecule has 0 aliphatic rings. The number of pyridine rings is 1. The van der Waals surface area contributed by atoms with Crippen LogP contribution in [0, 0.1) is 10.1 Å². The van der Waals surface area contributed by atoms with Gasteiger partial charge in [-0.25, -0.2) is 4.98 Å². The maximum atomic E-state index is 10.8. The minimum absolute atomic E-state index is 0.00102. The second-order valence-corrected chi connectivity index (χ2v) is 4.77. The number of hydrogen-bond donors (Lipinski definition) is 0. The van der Waals surface area contributed by atoms with Crippen LogP contribution in [-0.2, 0) is 5.41 Å². The summed E-state index contributed by atoms with van der Waals surface area (Å²) in [5.41, 5.74) is 1.60. The van der Waals surface area contributed by atoms with Crippen LogP contribution in [0.1, 0.15) is 26.3 Å². The molecule has 0 N–H and O–H groups in total. The van der Waals surface area contributed by atoms with Gasteiger partial charge in [-0.2, -0.15) is 4.40 Å². The Morgan fingerprint density at radius 2 is 2.06 bits per heavy atom. The maximum absolute atomic E-state index is 10.8. The molecule has 0 saturated carbocycles. The molecule has 0 aliphatic carbocycles. The maximum Gasteiger partial charge on any atom is 0.347 e. The highest BCUT2D eigenvalue weighted by Gasteiger charge is 2.19. The Hall–Kier alpha value is -1.91. The highest BCUT2D eigenvalue weighted by Crippen LogP contribution is 2.24. The van der Waals surface area contributed by atoms with Gasteiger partial charge in [-0.3, -0.25) is 0 Å². The zero-order valence-electron chi connectivity index (χ0n) is 9.47. The number of aromatic nitrogens is 2.